The van der Waals surface area contributed by atoms with Crippen molar-refractivity contribution in [1.29, 1.82) is 0 Å². The van der Waals surface area contributed by atoms with E-state index >= 15 is 0 Å². The fourth-order valence-corrected chi connectivity index (χ4v) is 9.63. The number of anilines is 2. The van der Waals surface area contributed by atoms with Crippen LogP contribution in [0.3, 0.4) is 0 Å². The number of benzene rings is 4. The topological polar surface area (TPSA) is 146 Å². The number of nitrogens with one attached hydrogen (secondary N) is 1. The molecular formula is C30H20N4O6S4. The molecule has 2 aliphatic heterocycles. The van der Waals surface area contributed by atoms with Crippen LogP contribution in [-0.2, 0) is 24.8 Å². The first-order valence-electron chi connectivity index (χ1n) is 13.0. The van der Waals surface area contributed by atoms with Crippen LogP contribution < -0.4 is 9.62 Å². The Morgan fingerprint density at radius 2 is 1.50 bits per heavy atom. The molecule has 14 heteroatoms. The molecule has 1 aromatic heterocycles. The van der Waals surface area contributed by atoms with Crippen LogP contribution in [0, 0.1) is 0 Å². The van der Waals surface area contributed by atoms with Gasteiger partial charge in [0.25, 0.3) is 15.9 Å². The lowest BCUT2D eigenvalue weighted by Gasteiger charge is -2.23. The van der Waals surface area contributed by atoms with Crippen LogP contribution in [0.1, 0.15) is 0 Å². The van der Waals surface area contributed by atoms with E-state index in [0.717, 1.165) is 55.0 Å². The predicted molar refractivity (Wildman–Crippen MR) is 174 cm³/mol. The van der Waals surface area contributed by atoms with Crippen molar-refractivity contribution in [2.75, 3.05) is 15.4 Å². The number of nitrogens with zero attached hydrogens (tertiary/aromatic N) is 3. The standard InChI is InChI=1S/C30H20N4O6S4/c35-24(17-43(37,38)32-29-31-22-13-11-20(15-25(22)41-29)18-7-3-1-4-8-18)27-28(36)34-23-14-12-21(19-9-5-2-6-10-19)16-26(23)42-30(34)33-44(27,39)40/h1-16,35H,17H2,(H,31,32)/b27-24-. The third kappa shape index (κ3) is 5.15. The van der Waals surface area contributed by atoms with Gasteiger partial charge in [-0.2, -0.15) is 8.42 Å². The van der Waals surface area contributed by atoms with Crippen molar-refractivity contribution in [3.63, 3.8) is 0 Å². The van der Waals surface area contributed by atoms with Crippen molar-refractivity contribution in [2.24, 2.45) is 4.40 Å². The number of sulfonamides is 2. The van der Waals surface area contributed by atoms with Gasteiger partial charge < -0.3 is 5.11 Å². The van der Waals surface area contributed by atoms with Crippen molar-refractivity contribution in [2.45, 2.75) is 4.90 Å². The van der Waals surface area contributed by atoms with Crippen molar-refractivity contribution >= 4 is 75.3 Å². The zero-order valence-corrected chi connectivity index (χ0v) is 25.7. The number of amidine groups is 1. The van der Waals surface area contributed by atoms with Crippen molar-refractivity contribution in [3.05, 3.63) is 108 Å². The normalized spacial score (nSPS) is 16.8. The summed E-state index contributed by atoms with van der Waals surface area (Å²) in [5.74, 6) is -3.41. The smallest absolute Gasteiger partial charge is 0.293 e. The van der Waals surface area contributed by atoms with Gasteiger partial charge in [-0.05, 0) is 58.3 Å². The summed E-state index contributed by atoms with van der Waals surface area (Å²) in [5, 5.41) is 10.7. The number of carbonyl (C=O) groups excluding carboxylic acids is 1. The minimum Gasteiger partial charge on any atom is -0.509 e. The number of aromatic nitrogens is 1. The van der Waals surface area contributed by atoms with E-state index < -0.39 is 42.4 Å². The summed E-state index contributed by atoms with van der Waals surface area (Å²) in [7, 11) is -9.09. The molecule has 0 spiro atoms. The Labute approximate surface area is 260 Å². The predicted octanol–water partition coefficient (Wildman–Crippen LogP) is 5.98. The van der Waals surface area contributed by atoms with Gasteiger partial charge in [-0.3, -0.25) is 14.4 Å². The molecule has 1 amide bonds. The number of rotatable bonds is 6. The lowest BCUT2D eigenvalue weighted by atomic mass is 10.1. The van der Waals surface area contributed by atoms with Crippen LogP contribution in [0.4, 0.5) is 10.8 Å². The molecule has 0 bridgehead atoms. The van der Waals surface area contributed by atoms with Crippen LogP contribution in [0.25, 0.3) is 32.5 Å². The maximum Gasteiger partial charge on any atom is 0.293 e. The van der Waals surface area contributed by atoms with Gasteiger partial charge in [-0.15, -0.1) is 4.40 Å². The van der Waals surface area contributed by atoms with Gasteiger partial charge >= 0.3 is 0 Å². The number of thioether (sulfide) groups is 1. The van der Waals surface area contributed by atoms with E-state index in [1.165, 1.54) is 0 Å². The molecule has 2 aliphatic rings. The molecule has 0 atom stereocenters. The number of aliphatic hydroxyl groups excluding tert-OH is 1. The second-order valence-corrected chi connectivity index (χ2v) is 15.1. The summed E-state index contributed by atoms with van der Waals surface area (Å²) in [4.78, 5) is 18.4. The van der Waals surface area contributed by atoms with Gasteiger partial charge in [0.1, 0.15) is 11.5 Å². The Kier molecular flexibility index (Phi) is 6.81. The minimum absolute atomic E-state index is 0.0280. The Hall–Kier alpha value is -4.50. The summed E-state index contributed by atoms with van der Waals surface area (Å²) in [6.07, 6.45) is 0. The van der Waals surface area contributed by atoms with E-state index in [2.05, 4.69) is 14.1 Å². The molecule has 4 aromatic carbocycles. The quantitative estimate of drug-likeness (QED) is 0.167. The first-order chi connectivity index (χ1) is 21.1. The minimum atomic E-state index is -4.70. The summed E-state index contributed by atoms with van der Waals surface area (Å²) < 4.78 is 58.9. The molecule has 44 heavy (non-hydrogen) atoms. The van der Waals surface area contributed by atoms with Crippen LogP contribution >= 0.6 is 23.1 Å². The Balaban J connectivity index is 1.16. The summed E-state index contributed by atoms with van der Waals surface area (Å²) >= 11 is 2.08. The molecule has 0 radical (unpaired) electrons. The summed E-state index contributed by atoms with van der Waals surface area (Å²) in [5.41, 5.74) is 4.64. The van der Waals surface area contributed by atoms with Gasteiger partial charge in [-0.25, -0.2) is 13.4 Å². The first kappa shape index (κ1) is 28.3. The van der Waals surface area contributed by atoms with Crippen LogP contribution in [0.2, 0.25) is 0 Å². The van der Waals surface area contributed by atoms with Gasteiger partial charge in [0.15, 0.2) is 15.2 Å². The maximum absolute atomic E-state index is 13.5. The van der Waals surface area contributed by atoms with Crippen molar-refractivity contribution in [3.8, 4) is 22.3 Å². The number of carbonyl (C=O) groups is 1. The molecule has 2 N–H and O–H groups in total. The molecule has 0 aliphatic carbocycles. The molecule has 7 rings (SSSR count). The highest BCUT2D eigenvalue weighted by Gasteiger charge is 2.45. The van der Waals surface area contributed by atoms with Gasteiger partial charge in [0.2, 0.25) is 10.0 Å². The Morgan fingerprint density at radius 3 is 2.18 bits per heavy atom. The zero-order valence-electron chi connectivity index (χ0n) is 22.4. The molecular weight excluding hydrogens is 641 g/mol. The second kappa shape index (κ2) is 10.6. The Morgan fingerprint density at radius 1 is 0.864 bits per heavy atom. The fraction of sp³-hybridized carbons (Fsp3) is 0.0333. The van der Waals surface area contributed by atoms with E-state index in [-0.39, 0.29) is 10.3 Å². The summed E-state index contributed by atoms with van der Waals surface area (Å²) in [6, 6.07) is 29.9. The lowest BCUT2D eigenvalue weighted by Crippen LogP contribution is -2.41. The number of thiazole rings is 1. The SMILES string of the molecule is O=C1/C(=C(/O)CS(=O)(=O)Nc2nc3ccc(-c4ccccc4)cc3s2)S(=O)(=O)N=C2Sc3cc(-c4ccccc4)ccc3N12. The molecule has 0 saturated heterocycles. The molecule has 220 valence electrons. The molecule has 3 heterocycles. The number of hydrogen-bond acceptors (Lipinski definition) is 9. The third-order valence-corrected chi connectivity index (χ3v) is 11.6. The maximum atomic E-state index is 13.5. The number of hydrogen-bond donors (Lipinski definition) is 2. The second-order valence-electron chi connectivity index (χ2n) is 9.84. The lowest BCUT2D eigenvalue weighted by molar-refractivity contribution is -0.113. The van der Waals surface area contributed by atoms with Crippen LogP contribution in [0.15, 0.2) is 117 Å². The molecule has 5 aromatic rings. The molecule has 0 fully saturated rings. The average molecular weight is 661 g/mol. The zero-order chi connectivity index (χ0) is 30.6. The van der Waals surface area contributed by atoms with E-state index in [9.17, 15) is 26.7 Å². The average Bonchev–Trinajstić information content (AvgIpc) is 3.55. The largest absolute Gasteiger partial charge is 0.509 e. The highest BCUT2D eigenvalue weighted by Crippen LogP contribution is 2.46. The highest BCUT2D eigenvalue weighted by atomic mass is 32.2. The Bertz CT molecular complexity index is 2270. The van der Waals surface area contributed by atoms with E-state index in [1.807, 2.05) is 78.9 Å². The molecule has 0 unspecified atom stereocenters. The van der Waals surface area contributed by atoms with E-state index in [4.69, 9.17) is 0 Å². The summed E-state index contributed by atoms with van der Waals surface area (Å²) in [6.45, 7) is 0. The van der Waals surface area contributed by atoms with Gasteiger partial charge in [-0.1, -0.05) is 84.1 Å². The van der Waals surface area contributed by atoms with Crippen LogP contribution in [0.5, 0.6) is 0 Å². The van der Waals surface area contributed by atoms with Crippen molar-refractivity contribution in [1.82, 2.24) is 4.98 Å². The van der Waals surface area contributed by atoms with E-state index in [1.54, 1.807) is 18.2 Å². The third-order valence-electron chi connectivity index (χ3n) is 6.88. The van der Waals surface area contributed by atoms with Crippen LogP contribution in [-0.4, -0.2) is 43.8 Å². The number of aliphatic hydroxyl groups is 1. The molecule has 10 nitrogen and oxygen atoms in total. The van der Waals surface area contributed by atoms with Gasteiger partial charge in [0, 0.05) is 4.90 Å². The molecule has 0 saturated carbocycles. The monoisotopic (exact) mass is 660 g/mol. The van der Waals surface area contributed by atoms with Gasteiger partial charge in [0.05, 0.1) is 15.9 Å². The first-order valence-corrected chi connectivity index (χ1v) is 17.8. The fourth-order valence-electron chi connectivity index (χ4n) is 4.92. The van der Waals surface area contributed by atoms with E-state index in [0.29, 0.717) is 16.1 Å². The number of amides is 1. The highest BCUT2D eigenvalue weighted by molar-refractivity contribution is 8.16. The number of fused-ring (bicyclic) bond motifs is 4. The van der Waals surface area contributed by atoms with Crippen molar-refractivity contribution < 1.29 is 26.7 Å².